The predicted octanol–water partition coefficient (Wildman–Crippen LogP) is 3.48. The third-order valence-electron chi connectivity index (χ3n) is 2.89. The summed E-state index contributed by atoms with van der Waals surface area (Å²) in [6.45, 7) is 1.67. The van der Waals surface area contributed by atoms with E-state index in [0.717, 1.165) is 24.9 Å². The Labute approximate surface area is 105 Å². The molecule has 0 bridgehead atoms. The molecule has 0 aromatic heterocycles. The van der Waals surface area contributed by atoms with Crippen LogP contribution in [0.5, 0.6) is 0 Å². The Morgan fingerprint density at radius 1 is 1.44 bits per heavy atom. The summed E-state index contributed by atoms with van der Waals surface area (Å²) in [5.74, 6) is 0. The Balaban J connectivity index is 2.14. The molecule has 0 N–H and O–H groups in total. The summed E-state index contributed by atoms with van der Waals surface area (Å²) in [5.41, 5.74) is 0.997. The molecule has 0 aliphatic carbocycles. The SMILES string of the molecule is N#CC1CCCN1Cc1cc(Cl)ccc1Cl. The van der Waals surface area contributed by atoms with E-state index in [1.807, 2.05) is 6.07 Å². The van der Waals surface area contributed by atoms with E-state index >= 15 is 0 Å². The first-order chi connectivity index (χ1) is 7.70. The van der Waals surface area contributed by atoms with Gasteiger partial charge in [-0.15, -0.1) is 0 Å². The second-order valence-corrected chi connectivity index (χ2v) is 4.84. The average molecular weight is 255 g/mol. The summed E-state index contributed by atoms with van der Waals surface area (Å²) >= 11 is 12.0. The average Bonchev–Trinajstić information content (AvgIpc) is 2.71. The maximum absolute atomic E-state index is 8.99. The van der Waals surface area contributed by atoms with Gasteiger partial charge < -0.3 is 0 Å². The lowest BCUT2D eigenvalue weighted by molar-refractivity contribution is 0.286. The first-order valence-electron chi connectivity index (χ1n) is 5.28. The molecule has 0 radical (unpaired) electrons. The van der Waals surface area contributed by atoms with E-state index in [4.69, 9.17) is 28.5 Å². The number of hydrogen-bond donors (Lipinski definition) is 0. The van der Waals surface area contributed by atoms with Gasteiger partial charge in [0.15, 0.2) is 0 Å². The van der Waals surface area contributed by atoms with E-state index < -0.39 is 0 Å². The van der Waals surface area contributed by atoms with Crippen molar-refractivity contribution in [1.29, 1.82) is 5.26 Å². The Hall–Kier alpha value is -0.750. The van der Waals surface area contributed by atoms with Gasteiger partial charge in [0.25, 0.3) is 0 Å². The fourth-order valence-electron chi connectivity index (χ4n) is 2.04. The van der Waals surface area contributed by atoms with Crippen LogP contribution in [0.1, 0.15) is 18.4 Å². The maximum Gasteiger partial charge on any atom is 0.0981 e. The fraction of sp³-hybridized carbons (Fsp3) is 0.417. The molecule has 4 heteroatoms. The zero-order valence-corrected chi connectivity index (χ0v) is 10.3. The van der Waals surface area contributed by atoms with E-state index in [2.05, 4.69) is 11.0 Å². The minimum Gasteiger partial charge on any atom is -0.284 e. The maximum atomic E-state index is 8.99. The highest BCUT2D eigenvalue weighted by Crippen LogP contribution is 2.25. The monoisotopic (exact) mass is 254 g/mol. The van der Waals surface area contributed by atoms with E-state index in [1.165, 1.54) is 0 Å². The summed E-state index contributed by atoms with van der Waals surface area (Å²) in [6, 6.07) is 7.79. The molecule has 1 unspecified atom stereocenters. The Morgan fingerprint density at radius 3 is 3.00 bits per heavy atom. The first-order valence-corrected chi connectivity index (χ1v) is 6.04. The number of nitrogens with zero attached hydrogens (tertiary/aromatic N) is 2. The van der Waals surface area contributed by atoms with Gasteiger partial charge in [-0.25, -0.2) is 0 Å². The van der Waals surface area contributed by atoms with Crippen LogP contribution in [0.4, 0.5) is 0 Å². The van der Waals surface area contributed by atoms with Crippen LogP contribution in [0, 0.1) is 11.3 Å². The quantitative estimate of drug-likeness (QED) is 0.808. The van der Waals surface area contributed by atoms with Gasteiger partial charge in [0.1, 0.15) is 0 Å². The number of halogens is 2. The minimum absolute atomic E-state index is 0.0232. The zero-order valence-electron chi connectivity index (χ0n) is 8.79. The summed E-state index contributed by atoms with van der Waals surface area (Å²) in [4.78, 5) is 2.15. The normalized spacial score (nSPS) is 20.9. The molecule has 16 heavy (non-hydrogen) atoms. The van der Waals surface area contributed by atoms with Crippen LogP contribution in [0.25, 0.3) is 0 Å². The number of likely N-dealkylation sites (tertiary alicyclic amines) is 1. The van der Waals surface area contributed by atoms with Crippen LogP contribution in [0.2, 0.25) is 10.0 Å². The van der Waals surface area contributed by atoms with Gasteiger partial charge in [-0.1, -0.05) is 23.2 Å². The molecule has 2 rings (SSSR count). The van der Waals surface area contributed by atoms with Crippen molar-refractivity contribution in [2.45, 2.75) is 25.4 Å². The van der Waals surface area contributed by atoms with Gasteiger partial charge in [0.05, 0.1) is 12.1 Å². The molecule has 1 aliphatic heterocycles. The highest BCUT2D eigenvalue weighted by Gasteiger charge is 2.24. The molecule has 1 aromatic carbocycles. The molecule has 0 amide bonds. The van der Waals surface area contributed by atoms with E-state index in [-0.39, 0.29) is 6.04 Å². The highest BCUT2D eigenvalue weighted by atomic mass is 35.5. The molecule has 2 nitrogen and oxygen atoms in total. The van der Waals surface area contributed by atoms with Gasteiger partial charge in [-0.05, 0) is 43.1 Å². The summed E-state index contributed by atoms with van der Waals surface area (Å²) in [6.07, 6.45) is 2.03. The highest BCUT2D eigenvalue weighted by molar-refractivity contribution is 6.33. The molecule has 84 valence electrons. The lowest BCUT2D eigenvalue weighted by Gasteiger charge is -2.19. The molecular weight excluding hydrogens is 243 g/mol. The van der Waals surface area contributed by atoms with Crippen LogP contribution in [0.15, 0.2) is 18.2 Å². The number of nitriles is 1. The predicted molar refractivity (Wildman–Crippen MR) is 65.5 cm³/mol. The molecule has 0 saturated carbocycles. The van der Waals surface area contributed by atoms with Gasteiger partial charge >= 0.3 is 0 Å². The third kappa shape index (κ3) is 2.49. The smallest absolute Gasteiger partial charge is 0.0981 e. The molecule has 1 saturated heterocycles. The molecule has 1 fully saturated rings. The number of benzene rings is 1. The van der Waals surface area contributed by atoms with Crippen molar-refractivity contribution in [2.24, 2.45) is 0 Å². The van der Waals surface area contributed by atoms with E-state index in [0.29, 0.717) is 16.6 Å². The molecule has 0 spiro atoms. The van der Waals surface area contributed by atoms with Gasteiger partial charge in [0, 0.05) is 16.6 Å². The van der Waals surface area contributed by atoms with Gasteiger partial charge in [0.2, 0.25) is 0 Å². The molecule has 1 atom stereocenters. The number of rotatable bonds is 2. The standard InChI is InChI=1S/C12H12Cl2N2/c13-10-3-4-12(14)9(6-10)8-16-5-1-2-11(16)7-15/h3-4,6,11H,1-2,5,8H2. The number of hydrogen-bond acceptors (Lipinski definition) is 2. The van der Waals surface area contributed by atoms with Crippen LogP contribution in [0.3, 0.4) is 0 Å². The second-order valence-electron chi connectivity index (χ2n) is 3.99. The van der Waals surface area contributed by atoms with Crippen LogP contribution < -0.4 is 0 Å². The van der Waals surface area contributed by atoms with Gasteiger partial charge in [-0.3, -0.25) is 4.90 Å². The Kier molecular flexibility index (Phi) is 3.70. The topological polar surface area (TPSA) is 27.0 Å². The van der Waals surface area contributed by atoms with Crippen molar-refractivity contribution in [3.8, 4) is 6.07 Å². The summed E-state index contributed by atoms with van der Waals surface area (Å²) in [7, 11) is 0. The molecular formula is C12H12Cl2N2. The minimum atomic E-state index is 0.0232. The van der Waals surface area contributed by atoms with Crippen molar-refractivity contribution in [3.63, 3.8) is 0 Å². The largest absolute Gasteiger partial charge is 0.284 e. The van der Waals surface area contributed by atoms with E-state index in [9.17, 15) is 0 Å². The molecule has 1 aliphatic rings. The lowest BCUT2D eigenvalue weighted by Crippen LogP contribution is -2.27. The zero-order chi connectivity index (χ0) is 11.5. The lowest BCUT2D eigenvalue weighted by atomic mass is 10.2. The second kappa shape index (κ2) is 5.05. The molecule has 1 heterocycles. The first kappa shape index (κ1) is 11.7. The van der Waals surface area contributed by atoms with Crippen molar-refractivity contribution < 1.29 is 0 Å². The van der Waals surface area contributed by atoms with Crippen molar-refractivity contribution >= 4 is 23.2 Å². The van der Waals surface area contributed by atoms with Crippen LogP contribution in [-0.4, -0.2) is 17.5 Å². The van der Waals surface area contributed by atoms with Gasteiger partial charge in [-0.2, -0.15) is 5.26 Å². The van der Waals surface area contributed by atoms with Crippen molar-refractivity contribution in [2.75, 3.05) is 6.54 Å². The Bertz CT molecular complexity index is 426. The fourth-order valence-corrected chi connectivity index (χ4v) is 2.42. The van der Waals surface area contributed by atoms with E-state index in [1.54, 1.807) is 12.1 Å². The van der Waals surface area contributed by atoms with Crippen molar-refractivity contribution in [1.82, 2.24) is 4.90 Å². The van der Waals surface area contributed by atoms with Crippen LogP contribution in [-0.2, 0) is 6.54 Å². The van der Waals surface area contributed by atoms with Crippen molar-refractivity contribution in [3.05, 3.63) is 33.8 Å². The van der Waals surface area contributed by atoms with Crippen LogP contribution >= 0.6 is 23.2 Å². The Morgan fingerprint density at radius 2 is 2.25 bits per heavy atom. The summed E-state index contributed by atoms with van der Waals surface area (Å²) in [5, 5.41) is 10.4. The molecule has 1 aromatic rings. The third-order valence-corrected chi connectivity index (χ3v) is 3.50. The summed E-state index contributed by atoms with van der Waals surface area (Å²) < 4.78 is 0.